The van der Waals surface area contributed by atoms with Gasteiger partial charge in [-0.1, -0.05) is 165 Å². The van der Waals surface area contributed by atoms with Gasteiger partial charge >= 0.3 is 46.7 Å². The van der Waals surface area contributed by atoms with Crippen LogP contribution in [-0.2, 0) is 50.4 Å². The summed E-state index contributed by atoms with van der Waals surface area (Å²) in [4.78, 5) is 0.469. The van der Waals surface area contributed by atoms with Crippen molar-refractivity contribution < 1.29 is 95.9 Å². The van der Waals surface area contributed by atoms with Gasteiger partial charge in [0.1, 0.15) is 46.0 Å². The number of hydrogen-bond acceptors (Lipinski definition) is 15. The number of ether oxygens (including phenoxy) is 12. The van der Waals surface area contributed by atoms with Crippen molar-refractivity contribution in [3.05, 3.63) is 293 Å². The van der Waals surface area contributed by atoms with Crippen LogP contribution in [0.15, 0.2) is 258 Å². The normalized spacial score (nSPS) is 14.7. The van der Waals surface area contributed by atoms with E-state index >= 15 is 0 Å². The minimum absolute atomic E-state index is 0.0431. The molecule has 2 saturated carbocycles. The Labute approximate surface area is 824 Å². The molecule has 2 atom stereocenters. The van der Waals surface area contributed by atoms with Gasteiger partial charge in [-0.25, -0.2) is 8.42 Å². The monoisotopic (exact) mass is 2160 g/mol. The van der Waals surface area contributed by atoms with Crippen LogP contribution in [-0.4, -0.2) is 146 Å². The van der Waals surface area contributed by atoms with Crippen molar-refractivity contribution in [3.63, 3.8) is 0 Å². The quantitative estimate of drug-likeness (QED) is 0.0360. The summed E-state index contributed by atoms with van der Waals surface area (Å²) in [5.41, 5.74) is 1.86. The van der Waals surface area contributed by atoms with Gasteiger partial charge in [0.2, 0.25) is 15.3 Å². The summed E-state index contributed by atoms with van der Waals surface area (Å²) in [5.74, 6) is 8.17. The number of rotatable bonds is 22. The summed E-state index contributed by atoms with van der Waals surface area (Å²) < 4.78 is 182. The van der Waals surface area contributed by atoms with Crippen molar-refractivity contribution in [1.29, 1.82) is 0 Å². The topological polar surface area (TPSA) is 145 Å². The molecule has 0 aromatic heterocycles. The summed E-state index contributed by atoms with van der Waals surface area (Å²) in [5, 5.41) is 0. The number of alkyl halides is 6. The van der Waals surface area contributed by atoms with Gasteiger partial charge in [0, 0.05) is 58.9 Å². The van der Waals surface area contributed by atoms with Gasteiger partial charge in [0.05, 0.1) is 96.8 Å². The van der Waals surface area contributed by atoms with Crippen LogP contribution in [0.25, 0.3) is 0 Å². The van der Waals surface area contributed by atoms with Crippen molar-refractivity contribution >= 4 is 117 Å². The van der Waals surface area contributed by atoms with Crippen molar-refractivity contribution in [3.8, 4) is 46.0 Å². The summed E-state index contributed by atoms with van der Waals surface area (Å²) >= 11 is 18.6. The van der Waals surface area contributed by atoms with Crippen molar-refractivity contribution in [1.82, 2.24) is 0 Å². The molecule has 12 rings (SSSR count). The third kappa shape index (κ3) is 34.3. The molecule has 0 spiro atoms. The van der Waals surface area contributed by atoms with E-state index in [9.17, 15) is 39.1 Å². The van der Waals surface area contributed by atoms with Gasteiger partial charge in [-0.05, 0) is 298 Å². The number of halogens is 11. The molecule has 721 valence electrons. The van der Waals surface area contributed by atoms with Gasteiger partial charge in [0.15, 0.2) is 0 Å². The standard InChI is InChI=1S/C17H16Br4O2.C17H14F6O2.C17H32O2.C17H20O2.C15H16.C14H14O4S.2C2H6O.BFH2P.BH2PS/c1-17(2,9-5-11(18)15(22-3)12(19)6-9)10-7-13(20)16(23-4)14(21)8-10;1-24-13-7-3-11(4-8-13)15(16(18,19)20,17(21,22)23)12-5-9-14(25-2)10-6-12;2*1-17(2,13-5-9-15(18-3)10-6-13)14-7-11-16(19-4)12-8-14;1-15(2,13-9-5-3-6-10-13)14-11-7-4-8-12-14;1-17-11-3-7-13(8-4-11)19(15,16)14-9-5-12(18-2)6-10-14;2*1-3-2;2*2-1-3/h5-8H,1-4H3;3-10H,1-2H3;13-16H,5-12H2,1-4H3;5-12H,1-4H3;3-12H,1-2H3;3-10H,1-2H3;2*1-2H3;3H2;2H2. The average Bonchev–Trinajstić information content (AvgIpc) is 0.714. The Hall–Kier alpha value is -6.97. The van der Waals surface area contributed by atoms with Crippen LogP contribution >= 0.6 is 94.0 Å². The molecule has 2 unspecified atom stereocenters. The van der Waals surface area contributed by atoms with Crippen LogP contribution in [0.4, 0.5) is 30.7 Å². The summed E-state index contributed by atoms with van der Waals surface area (Å²) in [7, 11) is 23.5. The molecule has 10 aromatic carbocycles. The molecule has 31 heteroatoms. The Kier molecular flexibility index (Phi) is 52.9. The number of hydrogen-bond donors (Lipinski definition) is 0. The predicted molar refractivity (Wildman–Crippen MR) is 547 cm³/mol. The van der Waals surface area contributed by atoms with E-state index in [1.165, 1.54) is 143 Å². The fourth-order valence-electron chi connectivity index (χ4n) is 15.2. The van der Waals surface area contributed by atoms with E-state index < -0.39 is 38.7 Å². The molecular weight excluding hydrogens is 2040 g/mol. The third-order valence-corrected chi connectivity index (χ3v) is 27.4. The summed E-state index contributed by atoms with van der Waals surface area (Å²) in [6.07, 6.45) is 0.290. The molecule has 0 heterocycles. The molecule has 0 N–H and O–H groups in total. The molecule has 0 aliphatic heterocycles. The first-order chi connectivity index (χ1) is 62.4. The van der Waals surface area contributed by atoms with E-state index in [-0.39, 0.29) is 37.5 Å². The van der Waals surface area contributed by atoms with Crippen LogP contribution in [0.3, 0.4) is 0 Å². The van der Waals surface area contributed by atoms with Gasteiger partial charge < -0.3 is 61.2 Å². The molecule has 14 nitrogen and oxygen atoms in total. The third-order valence-electron chi connectivity index (χ3n) is 23.2. The fourth-order valence-corrected chi connectivity index (χ4v) is 19.5. The van der Waals surface area contributed by atoms with Crippen LogP contribution in [0.1, 0.15) is 151 Å². The molecule has 0 bridgehead atoms. The zero-order valence-corrected chi connectivity index (χ0v) is 89.7. The van der Waals surface area contributed by atoms with Gasteiger partial charge in [-0.3, -0.25) is 0 Å². The zero-order chi connectivity index (χ0) is 99.4. The van der Waals surface area contributed by atoms with Gasteiger partial charge in [-0.15, -0.1) is 9.12 Å². The summed E-state index contributed by atoms with van der Waals surface area (Å²) in [6, 6.07) is 66.0. The SMILES string of the molecule is CC(C)(c1ccccc1)c1ccccc1.COC.COC.COC1CCC(C(C)(C)C2CCC(OC)CC2)CC1.COc1c(Br)cc(C(C)(C)c2cc(Br)c(OC)c(Br)c2)cc1Br.COc1ccc(C(C)(C)c2ccc(OC)cc2)cc1.COc1ccc(C(c2ccc(OC)cc2)(C(F)(F)F)C(F)(F)F)cc1.COc1ccc(S(=O)(=O)c2ccc(OC)cc2)cc1.F[B]P.PB=S. The van der Waals surface area contributed by atoms with Crippen LogP contribution in [0, 0.1) is 17.3 Å². The van der Waals surface area contributed by atoms with Crippen LogP contribution in [0.2, 0.25) is 0 Å². The fraction of sp³-hybridized carbons (Fsp3) is 0.406. The van der Waals surface area contributed by atoms with E-state index in [1.807, 2.05) is 38.5 Å². The van der Waals surface area contributed by atoms with Crippen molar-refractivity contribution in [2.45, 2.75) is 163 Å². The van der Waals surface area contributed by atoms with Crippen LogP contribution in [0.5, 0.6) is 46.0 Å². The Morgan fingerprint density at radius 1 is 0.326 bits per heavy atom. The molecule has 2 aliphatic carbocycles. The second-order valence-corrected chi connectivity index (χ2v) is 39.1. The Morgan fingerprint density at radius 2 is 0.523 bits per heavy atom. The second-order valence-electron chi connectivity index (χ2n) is 32.4. The number of benzene rings is 10. The molecule has 1 radical (unpaired) electrons. The molecule has 132 heavy (non-hydrogen) atoms. The Morgan fingerprint density at radius 3 is 0.720 bits per heavy atom. The average molecular weight is 2170 g/mol. The first kappa shape index (κ1) is 119. The van der Waals surface area contributed by atoms with Crippen LogP contribution < -0.4 is 37.9 Å². The van der Waals surface area contributed by atoms with E-state index in [4.69, 9.17) is 47.4 Å². The maximum atomic E-state index is 13.8. The molecule has 10 aromatic rings. The van der Waals surface area contributed by atoms with E-state index in [0.717, 1.165) is 101 Å². The van der Waals surface area contributed by atoms with E-state index in [2.05, 4.69) is 259 Å². The van der Waals surface area contributed by atoms with Gasteiger partial charge in [-0.2, -0.15) is 26.3 Å². The second kappa shape index (κ2) is 58.6. The first-order valence-electron chi connectivity index (χ1n) is 42.0. The molecular formula is C101H128B2Br4F7O14P2S2. The van der Waals surface area contributed by atoms with E-state index in [1.54, 1.807) is 90.3 Å². The predicted octanol–water partition coefficient (Wildman–Crippen LogP) is 28.7. The van der Waals surface area contributed by atoms with Crippen molar-refractivity contribution in [2.75, 3.05) is 99.5 Å². The molecule has 0 amide bonds. The molecule has 2 aliphatic rings. The van der Waals surface area contributed by atoms with Crippen molar-refractivity contribution in [2.24, 2.45) is 17.3 Å². The molecule has 2 fully saturated rings. The summed E-state index contributed by atoms with van der Waals surface area (Å²) in [6.45, 7) is 18.4. The number of methoxy groups -OCH3 is 12. The Bertz CT molecular complexity index is 4700. The number of sulfone groups is 1. The first-order valence-corrected chi connectivity index (χ1v) is 48.4. The Balaban J connectivity index is 0.000000400. The molecule has 0 saturated heterocycles. The van der Waals surface area contributed by atoms with Gasteiger partial charge in [0.25, 0.3) is 0 Å². The minimum atomic E-state index is -5.62. The maximum absolute atomic E-state index is 13.8. The zero-order valence-electron chi connectivity index (χ0n) is 79.4. The van der Waals surface area contributed by atoms with E-state index in [0.29, 0.717) is 36.4 Å².